The van der Waals surface area contributed by atoms with Gasteiger partial charge in [0.25, 0.3) is 5.91 Å². The lowest BCUT2D eigenvalue weighted by molar-refractivity contribution is 0.0952. The van der Waals surface area contributed by atoms with Crippen molar-refractivity contribution >= 4 is 5.91 Å². The van der Waals surface area contributed by atoms with E-state index in [4.69, 9.17) is 14.7 Å². The Hall–Kier alpha value is -2.22. The zero-order valence-electron chi connectivity index (χ0n) is 9.94. The Kier molecular flexibility index (Phi) is 4.02. The quantitative estimate of drug-likeness (QED) is 0.817. The molecule has 1 N–H and O–H groups in total. The molecule has 0 bridgehead atoms. The number of nitrogens with zero attached hydrogens (tertiary/aromatic N) is 1. The largest absolute Gasteiger partial charge is 0.486 e. The molecule has 1 aliphatic heterocycles. The molecule has 0 aliphatic carbocycles. The second-order valence-electron chi connectivity index (χ2n) is 3.88. The van der Waals surface area contributed by atoms with Crippen molar-refractivity contribution in [3.63, 3.8) is 0 Å². The molecule has 0 radical (unpaired) electrons. The Balaban J connectivity index is 1.96. The van der Waals surface area contributed by atoms with Gasteiger partial charge in [0, 0.05) is 18.5 Å². The van der Waals surface area contributed by atoms with Crippen LogP contribution >= 0.6 is 0 Å². The lowest BCUT2D eigenvalue weighted by Crippen LogP contribution is -2.24. The van der Waals surface area contributed by atoms with E-state index in [1.165, 1.54) is 0 Å². The van der Waals surface area contributed by atoms with Gasteiger partial charge < -0.3 is 14.8 Å². The Bertz CT molecular complexity index is 480. The molecule has 0 aromatic heterocycles. The number of nitrogens with one attached hydrogen (secondary N) is 1. The van der Waals surface area contributed by atoms with Crippen molar-refractivity contribution in [2.24, 2.45) is 0 Å². The van der Waals surface area contributed by atoms with Crippen molar-refractivity contribution in [2.75, 3.05) is 19.8 Å². The first-order valence-electron chi connectivity index (χ1n) is 5.86. The molecule has 0 atom stereocenters. The number of rotatable bonds is 4. The summed E-state index contributed by atoms with van der Waals surface area (Å²) in [5.41, 5.74) is 0.538. The van der Waals surface area contributed by atoms with Crippen molar-refractivity contribution in [3.05, 3.63) is 23.8 Å². The summed E-state index contributed by atoms with van der Waals surface area (Å²) in [6.07, 6.45) is 1.11. The topological polar surface area (TPSA) is 71.4 Å². The van der Waals surface area contributed by atoms with Gasteiger partial charge in [0.05, 0.1) is 6.07 Å². The fourth-order valence-corrected chi connectivity index (χ4v) is 1.66. The third-order valence-electron chi connectivity index (χ3n) is 2.56. The molecular weight excluding hydrogens is 232 g/mol. The molecule has 1 amide bonds. The van der Waals surface area contributed by atoms with Gasteiger partial charge in [-0.1, -0.05) is 0 Å². The molecule has 0 saturated carbocycles. The average molecular weight is 246 g/mol. The zero-order chi connectivity index (χ0) is 12.8. The number of fused-ring (bicyclic) bond motifs is 1. The van der Waals surface area contributed by atoms with E-state index in [-0.39, 0.29) is 5.91 Å². The number of amides is 1. The third kappa shape index (κ3) is 2.92. The Labute approximate surface area is 105 Å². The summed E-state index contributed by atoms with van der Waals surface area (Å²) in [6, 6.07) is 7.15. The minimum atomic E-state index is -0.162. The molecule has 1 aromatic rings. The highest BCUT2D eigenvalue weighted by atomic mass is 16.6. The molecule has 0 saturated heterocycles. The number of carbonyl (C=O) groups excluding carboxylic acids is 1. The number of hydrogen-bond donors (Lipinski definition) is 1. The first-order valence-corrected chi connectivity index (χ1v) is 5.86. The van der Waals surface area contributed by atoms with E-state index in [0.29, 0.717) is 49.7 Å². The van der Waals surface area contributed by atoms with Gasteiger partial charge in [0.1, 0.15) is 13.2 Å². The molecule has 94 valence electrons. The normalized spacial score (nSPS) is 12.6. The molecular formula is C13H14N2O3. The number of nitriles is 1. The van der Waals surface area contributed by atoms with Crippen molar-refractivity contribution in [1.82, 2.24) is 5.32 Å². The van der Waals surface area contributed by atoms with Crippen LogP contribution < -0.4 is 14.8 Å². The maximum Gasteiger partial charge on any atom is 0.251 e. The second kappa shape index (κ2) is 5.92. The fraction of sp³-hybridized carbons (Fsp3) is 0.385. The number of benzene rings is 1. The predicted octanol–water partition coefficient (Wildman–Crippen LogP) is 1.49. The van der Waals surface area contributed by atoms with Crippen LogP contribution in [0.4, 0.5) is 0 Å². The van der Waals surface area contributed by atoms with E-state index in [1.54, 1.807) is 18.2 Å². The van der Waals surface area contributed by atoms with Crippen LogP contribution in [0.5, 0.6) is 11.5 Å². The van der Waals surface area contributed by atoms with Crippen molar-refractivity contribution < 1.29 is 14.3 Å². The van der Waals surface area contributed by atoms with Crippen LogP contribution in [0.2, 0.25) is 0 Å². The molecule has 0 unspecified atom stereocenters. The molecule has 0 spiro atoms. The molecule has 1 aliphatic rings. The fourth-order valence-electron chi connectivity index (χ4n) is 1.66. The first-order chi connectivity index (χ1) is 8.81. The number of unbranched alkanes of at least 4 members (excludes halogenated alkanes) is 1. The van der Waals surface area contributed by atoms with Gasteiger partial charge in [0.15, 0.2) is 11.5 Å². The highest BCUT2D eigenvalue weighted by Crippen LogP contribution is 2.30. The molecule has 1 heterocycles. The minimum Gasteiger partial charge on any atom is -0.486 e. The summed E-state index contributed by atoms with van der Waals surface area (Å²) in [6.45, 7) is 1.54. The monoisotopic (exact) mass is 246 g/mol. The molecule has 18 heavy (non-hydrogen) atoms. The van der Waals surface area contributed by atoms with Gasteiger partial charge >= 0.3 is 0 Å². The molecule has 2 rings (SSSR count). The van der Waals surface area contributed by atoms with E-state index in [9.17, 15) is 4.79 Å². The SMILES string of the molecule is N#CCCCNC(=O)c1ccc2c(c1)OCCO2. The van der Waals surface area contributed by atoms with Crippen LogP contribution in [0.1, 0.15) is 23.2 Å². The number of carbonyl (C=O) groups is 1. The van der Waals surface area contributed by atoms with E-state index in [2.05, 4.69) is 5.32 Å². The van der Waals surface area contributed by atoms with Crippen molar-refractivity contribution in [1.29, 1.82) is 5.26 Å². The third-order valence-corrected chi connectivity index (χ3v) is 2.56. The summed E-state index contributed by atoms with van der Waals surface area (Å²) in [5, 5.41) is 11.1. The maximum absolute atomic E-state index is 11.8. The lowest BCUT2D eigenvalue weighted by Gasteiger charge is -2.18. The summed E-state index contributed by atoms with van der Waals surface area (Å²) >= 11 is 0. The maximum atomic E-state index is 11.8. The summed E-state index contributed by atoms with van der Waals surface area (Å²) in [4.78, 5) is 11.8. The summed E-state index contributed by atoms with van der Waals surface area (Å²) in [7, 11) is 0. The Morgan fingerprint density at radius 2 is 2.11 bits per heavy atom. The molecule has 1 aromatic carbocycles. The van der Waals surface area contributed by atoms with Crippen LogP contribution in [-0.4, -0.2) is 25.7 Å². The van der Waals surface area contributed by atoms with E-state index in [0.717, 1.165) is 0 Å². The van der Waals surface area contributed by atoms with E-state index < -0.39 is 0 Å². The Morgan fingerprint density at radius 1 is 1.33 bits per heavy atom. The van der Waals surface area contributed by atoms with Gasteiger partial charge in [-0.15, -0.1) is 0 Å². The van der Waals surface area contributed by atoms with Gasteiger partial charge in [-0.2, -0.15) is 5.26 Å². The highest BCUT2D eigenvalue weighted by Gasteiger charge is 2.14. The zero-order valence-corrected chi connectivity index (χ0v) is 9.94. The molecule has 0 fully saturated rings. The first kappa shape index (κ1) is 12.2. The molecule has 5 nitrogen and oxygen atoms in total. The standard InChI is InChI=1S/C13H14N2O3/c14-5-1-2-6-15-13(16)10-3-4-11-12(9-10)18-8-7-17-11/h3-4,9H,1-2,6-8H2,(H,15,16). The van der Waals surface area contributed by atoms with Gasteiger partial charge in [-0.25, -0.2) is 0 Å². The average Bonchev–Trinajstić information content (AvgIpc) is 2.43. The van der Waals surface area contributed by atoms with Crippen LogP contribution in [-0.2, 0) is 0 Å². The lowest BCUT2D eigenvalue weighted by atomic mass is 10.2. The van der Waals surface area contributed by atoms with Crippen molar-refractivity contribution in [2.45, 2.75) is 12.8 Å². The highest BCUT2D eigenvalue weighted by molar-refractivity contribution is 5.94. The van der Waals surface area contributed by atoms with Gasteiger partial charge in [-0.3, -0.25) is 4.79 Å². The van der Waals surface area contributed by atoms with E-state index >= 15 is 0 Å². The predicted molar refractivity (Wildman–Crippen MR) is 64.6 cm³/mol. The van der Waals surface area contributed by atoms with Crippen LogP contribution in [0.3, 0.4) is 0 Å². The summed E-state index contributed by atoms with van der Waals surface area (Å²) in [5.74, 6) is 1.11. The molecule has 5 heteroatoms. The van der Waals surface area contributed by atoms with Crippen LogP contribution in [0.15, 0.2) is 18.2 Å². The smallest absolute Gasteiger partial charge is 0.251 e. The van der Waals surface area contributed by atoms with Gasteiger partial charge in [-0.05, 0) is 24.6 Å². The number of hydrogen-bond acceptors (Lipinski definition) is 4. The van der Waals surface area contributed by atoms with E-state index in [1.807, 2.05) is 6.07 Å². The van der Waals surface area contributed by atoms with Crippen LogP contribution in [0.25, 0.3) is 0 Å². The van der Waals surface area contributed by atoms with Crippen LogP contribution in [0, 0.1) is 11.3 Å². The van der Waals surface area contributed by atoms with Gasteiger partial charge in [0.2, 0.25) is 0 Å². The van der Waals surface area contributed by atoms with Crippen molar-refractivity contribution in [3.8, 4) is 17.6 Å². The Morgan fingerprint density at radius 3 is 2.89 bits per heavy atom. The minimum absolute atomic E-state index is 0.162. The summed E-state index contributed by atoms with van der Waals surface area (Å²) < 4.78 is 10.8. The second-order valence-corrected chi connectivity index (χ2v) is 3.88. The number of ether oxygens (including phenoxy) is 2.